The molecule has 0 atom stereocenters. The predicted molar refractivity (Wildman–Crippen MR) is 127 cm³/mol. The summed E-state index contributed by atoms with van der Waals surface area (Å²) in [5.74, 6) is 0.600. The molecule has 162 valence electrons. The SMILES string of the molecule is COc1ccc(/C=C(\C#N)C(=O)Nc2ccc(Cl)cc2)c(OCc2cc(C)cc(C)c2)c1. The molecular weight excluding hydrogens is 424 g/mol. The Kier molecular flexibility index (Phi) is 7.54. The molecule has 0 aliphatic heterocycles. The van der Waals surface area contributed by atoms with Gasteiger partial charge in [-0.2, -0.15) is 5.26 Å². The molecule has 6 heteroatoms. The Morgan fingerprint density at radius 2 is 1.75 bits per heavy atom. The van der Waals surface area contributed by atoms with Crippen molar-refractivity contribution in [1.29, 1.82) is 5.26 Å². The van der Waals surface area contributed by atoms with Gasteiger partial charge in [-0.15, -0.1) is 0 Å². The van der Waals surface area contributed by atoms with Gasteiger partial charge in [0.15, 0.2) is 0 Å². The molecule has 0 aliphatic carbocycles. The Morgan fingerprint density at radius 3 is 2.38 bits per heavy atom. The summed E-state index contributed by atoms with van der Waals surface area (Å²) in [5, 5.41) is 12.8. The summed E-state index contributed by atoms with van der Waals surface area (Å²) in [4.78, 5) is 12.6. The summed E-state index contributed by atoms with van der Waals surface area (Å²) in [6.45, 7) is 4.42. The minimum atomic E-state index is -0.522. The molecule has 0 saturated carbocycles. The van der Waals surface area contributed by atoms with E-state index >= 15 is 0 Å². The van der Waals surface area contributed by atoms with Crippen LogP contribution in [0.4, 0.5) is 5.69 Å². The topological polar surface area (TPSA) is 71.3 Å². The van der Waals surface area contributed by atoms with Gasteiger partial charge in [-0.3, -0.25) is 4.79 Å². The van der Waals surface area contributed by atoms with Gasteiger partial charge in [0.05, 0.1) is 7.11 Å². The quantitative estimate of drug-likeness (QED) is 0.352. The smallest absolute Gasteiger partial charge is 0.266 e. The molecule has 0 fully saturated rings. The molecule has 0 heterocycles. The molecule has 0 aromatic heterocycles. The third kappa shape index (κ3) is 6.13. The van der Waals surface area contributed by atoms with Crippen molar-refractivity contribution in [2.75, 3.05) is 12.4 Å². The Labute approximate surface area is 192 Å². The molecule has 0 bridgehead atoms. The summed E-state index contributed by atoms with van der Waals surface area (Å²) in [6.07, 6.45) is 1.50. The van der Waals surface area contributed by atoms with E-state index < -0.39 is 5.91 Å². The minimum Gasteiger partial charge on any atom is -0.497 e. The lowest BCUT2D eigenvalue weighted by Crippen LogP contribution is -2.13. The van der Waals surface area contributed by atoms with Crippen LogP contribution < -0.4 is 14.8 Å². The van der Waals surface area contributed by atoms with Crippen LogP contribution in [0, 0.1) is 25.2 Å². The average Bonchev–Trinajstić information content (AvgIpc) is 2.77. The number of rotatable bonds is 7. The van der Waals surface area contributed by atoms with E-state index in [-0.39, 0.29) is 5.57 Å². The number of hydrogen-bond donors (Lipinski definition) is 1. The lowest BCUT2D eigenvalue weighted by molar-refractivity contribution is -0.112. The van der Waals surface area contributed by atoms with Crippen LogP contribution >= 0.6 is 11.6 Å². The molecule has 3 rings (SSSR count). The first-order valence-electron chi connectivity index (χ1n) is 9.94. The lowest BCUT2D eigenvalue weighted by Gasteiger charge is -2.13. The molecule has 3 aromatic rings. The van der Waals surface area contributed by atoms with Crippen LogP contribution in [0.25, 0.3) is 6.08 Å². The van der Waals surface area contributed by atoms with Crippen molar-refractivity contribution in [2.45, 2.75) is 20.5 Å². The van der Waals surface area contributed by atoms with Gasteiger partial charge in [0.1, 0.15) is 29.7 Å². The number of aryl methyl sites for hydroxylation is 2. The summed E-state index contributed by atoms with van der Waals surface area (Å²) >= 11 is 5.88. The molecule has 5 nitrogen and oxygen atoms in total. The second kappa shape index (κ2) is 10.5. The maximum absolute atomic E-state index is 12.6. The number of benzene rings is 3. The minimum absolute atomic E-state index is 0.0543. The zero-order chi connectivity index (χ0) is 23.1. The number of carbonyl (C=O) groups is 1. The second-order valence-corrected chi connectivity index (χ2v) is 7.76. The highest BCUT2D eigenvalue weighted by molar-refractivity contribution is 6.30. The van der Waals surface area contributed by atoms with Crippen molar-refractivity contribution in [3.8, 4) is 17.6 Å². The fourth-order valence-electron chi connectivity index (χ4n) is 3.24. The number of ether oxygens (including phenoxy) is 2. The molecule has 0 spiro atoms. The summed E-state index contributed by atoms with van der Waals surface area (Å²) in [7, 11) is 1.57. The van der Waals surface area contributed by atoms with Gasteiger partial charge in [-0.1, -0.05) is 40.9 Å². The van der Waals surface area contributed by atoms with Gasteiger partial charge in [-0.25, -0.2) is 0 Å². The third-order valence-corrected chi connectivity index (χ3v) is 4.92. The lowest BCUT2D eigenvalue weighted by atomic mass is 10.1. The van der Waals surface area contributed by atoms with Gasteiger partial charge in [0.2, 0.25) is 0 Å². The van der Waals surface area contributed by atoms with Crippen LogP contribution in [0.1, 0.15) is 22.3 Å². The maximum atomic E-state index is 12.6. The van der Waals surface area contributed by atoms with Gasteiger partial charge < -0.3 is 14.8 Å². The molecule has 0 aliphatic rings. The second-order valence-electron chi connectivity index (χ2n) is 7.32. The molecule has 0 unspecified atom stereocenters. The monoisotopic (exact) mass is 446 g/mol. The van der Waals surface area contributed by atoms with Crippen LogP contribution in [0.3, 0.4) is 0 Å². The molecule has 3 aromatic carbocycles. The largest absolute Gasteiger partial charge is 0.497 e. The number of halogens is 1. The van der Waals surface area contributed by atoms with Gasteiger partial charge in [0, 0.05) is 22.3 Å². The van der Waals surface area contributed by atoms with Gasteiger partial charge in [-0.05, 0) is 61.9 Å². The standard InChI is InChI=1S/C26H23ClN2O3/c1-17-10-18(2)12-19(11-17)16-32-25-14-24(31-3)9-4-20(25)13-21(15-28)26(30)29-23-7-5-22(27)6-8-23/h4-14H,16H2,1-3H3,(H,29,30)/b21-13+. The fraction of sp³-hybridized carbons (Fsp3) is 0.154. The predicted octanol–water partition coefficient (Wildman–Crippen LogP) is 6.09. The number of carbonyl (C=O) groups excluding carboxylic acids is 1. The Balaban J connectivity index is 1.86. The number of nitrogens with one attached hydrogen (secondary N) is 1. The highest BCUT2D eigenvalue weighted by atomic mass is 35.5. The van der Waals surface area contributed by atoms with Crippen molar-refractivity contribution >= 4 is 29.3 Å². The first kappa shape index (κ1) is 22.9. The van der Waals surface area contributed by atoms with Crippen LogP contribution in [-0.4, -0.2) is 13.0 Å². The number of nitrogens with zero attached hydrogens (tertiary/aromatic N) is 1. The van der Waals surface area contributed by atoms with E-state index in [9.17, 15) is 10.1 Å². The summed E-state index contributed by atoms with van der Waals surface area (Å²) < 4.78 is 11.4. The van der Waals surface area contributed by atoms with Crippen molar-refractivity contribution in [3.05, 3.63) is 93.5 Å². The van der Waals surface area contributed by atoms with Crippen LogP contribution in [-0.2, 0) is 11.4 Å². The highest BCUT2D eigenvalue weighted by Crippen LogP contribution is 2.28. The van der Waals surface area contributed by atoms with Crippen molar-refractivity contribution in [2.24, 2.45) is 0 Å². The van der Waals surface area contributed by atoms with E-state index in [1.807, 2.05) is 19.9 Å². The van der Waals surface area contributed by atoms with E-state index in [0.717, 1.165) is 16.7 Å². The van der Waals surface area contributed by atoms with Crippen LogP contribution in [0.15, 0.2) is 66.2 Å². The fourth-order valence-corrected chi connectivity index (χ4v) is 3.36. The van der Waals surface area contributed by atoms with Crippen molar-refractivity contribution < 1.29 is 14.3 Å². The van der Waals surface area contributed by atoms with Crippen molar-refractivity contribution in [3.63, 3.8) is 0 Å². The number of nitriles is 1. The third-order valence-electron chi connectivity index (χ3n) is 4.66. The Morgan fingerprint density at radius 1 is 1.06 bits per heavy atom. The molecule has 0 radical (unpaired) electrons. The summed E-state index contributed by atoms with van der Waals surface area (Å²) in [6, 6.07) is 20.1. The van der Waals surface area contributed by atoms with Crippen LogP contribution in [0.2, 0.25) is 5.02 Å². The first-order chi connectivity index (χ1) is 15.4. The van der Waals surface area contributed by atoms with E-state index in [1.165, 1.54) is 6.08 Å². The molecule has 0 saturated heterocycles. The first-order valence-corrected chi connectivity index (χ1v) is 10.3. The maximum Gasteiger partial charge on any atom is 0.266 e. The normalized spacial score (nSPS) is 10.9. The van der Waals surface area contributed by atoms with E-state index in [2.05, 4.69) is 23.5 Å². The van der Waals surface area contributed by atoms with Crippen LogP contribution in [0.5, 0.6) is 11.5 Å². The average molecular weight is 447 g/mol. The molecule has 32 heavy (non-hydrogen) atoms. The Hall–Kier alpha value is -3.75. The molecular formula is C26H23ClN2O3. The number of anilines is 1. The number of amides is 1. The number of hydrogen-bond acceptors (Lipinski definition) is 4. The number of methoxy groups -OCH3 is 1. The van der Waals surface area contributed by atoms with E-state index in [1.54, 1.807) is 49.6 Å². The molecule has 1 N–H and O–H groups in total. The summed E-state index contributed by atoms with van der Waals surface area (Å²) in [5.41, 5.74) is 4.42. The van der Waals surface area contributed by atoms with Gasteiger partial charge in [0.25, 0.3) is 5.91 Å². The Bertz CT molecular complexity index is 1170. The van der Waals surface area contributed by atoms with Crippen molar-refractivity contribution in [1.82, 2.24) is 0 Å². The molecule has 1 amide bonds. The van der Waals surface area contributed by atoms with Gasteiger partial charge >= 0.3 is 0 Å². The van der Waals surface area contributed by atoms with E-state index in [0.29, 0.717) is 34.4 Å². The van der Waals surface area contributed by atoms with E-state index in [4.69, 9.17) is 21.1 Å². The zero-order valence-corrected chi connectivity index (χ0v) is 18.9. The highest BCUT2D eigenvalue weighted by Gasteiger charge is 2.13. The zero-order valence-electron chi connectivity index (χ0n) is 18.1.